The highest BCUT2D eigenvalue weighted by molar-refractivity contribution is 5.95. The van der Waals surface area contributed by atoms with Gasteiger partial charge in [0, 0.05) is 18.2 Å². The number of carboxylic acids is 1. The van der Waals surface area contributed by atoms with Gasteiger partial charge in [-0.2, -0.15) is 0 Å². The number of anilines is 1. The van der Waals surface area contributed by atoms with Crippen molar-refractivity contribution in [1.82, 2.24) is 16.0 Å². The lowest BCUT2D eigenvalue weighted by Gasteiger charge is -2.22. The van der Waals surface area contributed by atoms with Crippen molar-refractivity contribution in [3.8, 4) is 0 Å². The van der Waals surface area contributed by atoms with Gasteiger partial charge in [-0.05, 0) is 36.1 Å². The predicted octanol–water partition coefficient (Wildman–Crippen LogP) is 0.657. The van der Waals surface area contributed by atoms with Crippen molar-refractivity contribution in [2.45, 2.75) is 38.8 Å². The Morgan fingerprint density at radius 3 is 2.22 bits per heavy atom. The van der Waals surface area contributed by atoms with Crippen LogP contribution in [0, 0.1) is 5.92 Å². The van der Waals surface area contributed by atoms with Gasteiger partial charge in [-0.25, -0.2) is 4.79 Å². The van der Waals surface area contributed by atoms with Crippen LogP contribution in [-0.4, -0.2) is 59.9 Å². The van der Waals surface area contributed by atoms with Gasteiger partial charge in [0.25, 0.3) is 0 Å². The number of carbonyl (C=O) groups is 5. The fourth-order valence-electron chi connectivity index (χ4n) is 3.56. The summed E-state index contributed by atoms with van der Waals surface area (Å²) >= 11 is 0. The lowest BCUT2D eigenvalue weighted by molar-refractivity contribution is -0.131. The van der Waals surface area contributed by atoms with Crippen LogP contribution >= 0.6 is 0 Å². The molecule has 198 valence electrons. The zero-order chi connectivity index (χ0) is 27.4. The summed E-state index contributed by atoms with van der Waals surface area (Å²) in [5.41, 5.74) is 6.55. The topological polar surface area (TPSA) is 180 Å². The third-order valence-corrected chi connectivity index (χ3v) is 5.39. The van der Waals surface area contributed by atoms with E-state index in [1.165, 1.54) is 18.2 Å². The van der Waals surface area contributed by atoms with Crippen LogP contribution in [0.4, 0.5) is 5.69 Å². The van der Waals surface area contributed by atoms with E-state index < -0.39 is 41.7 Å². The molecule has 2 aromatic carbocycles. The average Bonchev–Trinajstić information content (AvgIpc) is 2.86. The Morgan fingerprint density at radius 2 is 1.59 bits per heavy atom. The first-order chi connectivity index (χ1) is 17.6. The van der Waals surface area contributed by atoms with Crippen molar-refractivity contribution in [2.24, 2.45) is 11.7 Å². The average molecular weight is 512 g/mol. The van der Waals surface area contributed by atoms with E-state index in [4.69, 9.17) is 10.8 Å². The zero-order valence-electron chi connectivity index (χ0n) is 20.8. The van der Waals surface area contributed by atoms with Crippen LogP contribution in [0.3, 0.4) is 0 Å². The van der Waals surface area contributed by atoms with Crippen molar-refractivity contribution in [1.29, 1.82) is 0 Å². The lowest BCUT2D eigenvalue weighted by atomic mass is 10.0. The van der Waals surface area contributed by atoms with E-state index in [0.717, 1.165) is 5.56 Å². The van der Waals surface area contributed by atoms with Gasteiger partial charge in [0.1, 0.15) is 6.04 Å². The van der Waals surface area contributed by atoms with Gasteiger partial charge in [-0.3, -0.25) is 19.2 Å². The van der Waals surface area contributed by atoms with Gasteiger partial charge >= 0.3 is 5.97 Å². The minimum atomic E-state index is -1.12. The van der Waals surface area contributed by atoms with Crippen molar-refractivity contribution in [2.75, 3.05) is 18.4 Å². The molecule has 11 nitrogen and oxygen atoms in total. The molecule has 2 atom stereocenters. The Balaban J connectivity index is 2.03. The fraction of sp³-hybridized carbons (Fsp3) is 0.346. The summed E-state index contributed by atoms with van der Waals surface area (Å²) in [4.78, 5) is 60.7. The van der Waals surface area contributed by atoms with Crippen LogP contribution in [-0.2, 0) is 25.6 Å². The number of benzene rings is 2. The van der Waals surface area contributed by atoms with Crippen LogP contribution < -0.4 is 27.0 Å². The van der Waals surface area contributed by atoms with Gasteiger partial charge in [0.15, 0.2) is 0 Å². The molecule has 0 spiro atoms. The Hall–Kier alpha value is -4.25. The quantitative estimate of drug-likeness (QED) is 0.228. The molecule has 0 fully saturated rings. The van der Waals surface area contributed by atoms with Gasteiger partial charge in [-0.15, -0.1) is 0 Å². The minimum absolute atomic E-state index is 0.0324. The van der Waals surface area contributed by atoms with Gasteiger partial charge in [0.05, 0.1) is 18.7 Å². The van der Waals surface area contributed by atoms with Crippen molar-refractivity contribution >= 4 is 35.3 Å². The summed E-state index contributed by atoms with van der Waals surface area (Å²) in [6, 6.07) is 13.6. The van der Waals surface area contributed by atoms with Crippen LogP contribution in [0.2, 0.25) is 0 Å². The second-order valence-electron chi connectivity index (χ2n) is 8.80. The maximum atomic E-state index is 12.7. The summed E-state index contributed by atoms with van der Waals surface area (Å²) in [7, 11) is 0. The Kier molecular flexibility index (Phi) is 11.2. The molecular formula is C26H33N5O6. The van der Waals surface area contributed by atoms with E-state index in [-0.39, 0.29) is 31.0 Å². The van der Waals surface area contributed by atoms with Crippen molar-refractivity contribution < 1.29 is 29.1 Å². The number of hydrogen-bond donors (Lipinski definition) is 6. The smallest absolute Gasteiger partial charge is 0.335 e. The molecule has 4 amide bonds. The largest absolute Gasteiger partial charge is 0.478 e. The number of hydrogen-bond acceptors (Lipinski definition) is 6. The monoisotopic (exact) mass is 511 g/mol. The molecule has 0 aliphatic carbocycles. The number of nitrogens with two attached hydrogens (primary N) is 1. The lowest BCUT2D eigenvalue weighted by Crippen LogP contribution is -2.53. The molecule has 2 unspecified atom stereocenters. The minimum Gasteiger partial charge on any atom is -0.478 e. The molecule has 0 bridgehead atoms. The van der Waals surface area contributed by atoms with E-state index in [2.05, 4.69) is 21.3 Å². The van der Waals surface area contributed by atoms with E-state index in [1.807, 2.05) is 30.3 Å². The summed E-state index contributed by atoms with van der Waals surface area (Å²) in [6.07, 6.45) is 0.261. The highest BCUT2D eigenvalue weighted by atomic mass is 16.4. The number of aromatic carboxylic acids is 1. The van der Waals surface area contributed by atoms with E-state index in [1.54, 1.807) is 19.9 Å². The van der Waals surface area contributed by atoms with Crippen LogP contribution in [0.1, 0.15) is 36.2 Å². The number of nitrogens with one attached hydrogen (secondary N) is 4. The van der Waals surface area contributed by atoms with Gasteiger partial charge in [-0.1, -0.05) is 50.2 Å². The van der Waals surface area contributed by atoms with Gasteiger partial charge < -0.3 is 32.1 Å². The summed E-state index contributed by atoms with van der Waals surface area (Å²) in [5.74, 6) is -3.29. The fourth-order valence-corrected chi connectivity index (χ4v) is 3.56. The molecule has 0 aromatic heterocycles. The second kappa shape index (κ2) is 14.3. The molecule has 0 saturated carbocycles. The van der Waals surface area contributed by atoms with Crippen LogP contribution in [0.25, 0.3) is 0 Å². The SMILES string of the molecule is CC(C)C(NC(=O)CN)C(=O)NCC(=O)NC(CC(=O)Nc1cccc(C(=O)O)c1)Cc1ccccc1. The van der Waals surface area contributed by atoms with Crippen molar-refractivity contribution in [3.63, 3.8) is 0 Å². The molecule has 2 aromatic rings. The third kappa shape index (κ3) is 10.1. The third-order valence-electron chi connectivity index (χ3n) is 5.39. The highest BCUT2D eigenvalue weighted by Gasteiger charge is 2.25. The molecular weight excluding hydrogens is 478 g/mol. The molecule has 0 aliphatic rings. The number of carbonyl (C=O) groups excluding carboxylic acids is 4. The molecule has 0 saturated heterocycles. The predicted molar refractivity (Wildman–Crippen MR) is 138 cm³/mol. The van der Waals surface area contributed by atoms with Gasteiger partial charge in [0.2, 0.25) is 23.6 Å². The molecule has 37 heavy (non-hydrogen) atoms. The molecule has 7 N–H and O–H groups in total. The maximum Gasteiger partial charge on any atom is 0.335 e. The molecule has 0 aliphatic heterocycles. The summed E-state index contributed by atoms with van der Waals surface area (Å²) < 4.78 is 0. The van der Waals surface area contributed by atoms with Crippen LogP contribution in [0.15, 0.2) is 54.6 Å². The first-order valence-electron chi connectivity index (χ1n) is 11.8. The Bertz CT molecular complexity index is 1110. The zero-order valence-corrected chi connectivity index (χ0v) is 20.8. The maximum absolute atomic E-state index is 12.7. The number of amides is 4. The number of carboxylic acid groups (broad SMARTS) is 1. The van der Waals surface area contributed by atoms with E-state index in [9.17, 15) is 24.0 Å². The molecule has 2 rings (SSSR count). The van der Waals surface area contributed by atoms with E-state index in [0.29, 0.717) is 12.1 Å². The Morgan fingerprint density at radius 1 is 0.892 bits per heavy atom. The van der Waals surface area contributed by atoms with Crippen LogP contribution in [0.5, 0.6) is 0 Å². The van der Waals surface area contributed by atoms with Crippen molar-refractivity contribution in [3.05, 3.63) is 65.7 Å². The summed E-state index contributed by atoms with van der Waals surface area (Å²) in [6.45, 7) is 2.89. The first-order valence-corrected chi connectivity index (χ1v) is 11.8. The van der Waals surface area contributed by atoms with E-state index >= 15 is 0 Å². The standard InChI is InChI=1S/C26H33N5O6/c1-16(2)24(31-22(33)14-27)25(35)28-15-23(34)30-20(11-17-7-4-3-5-8-17)13-21(32)29-19-10-6-9-18(12-19)26(36)37/h3-10,12,16,20,24H,11,13-15,27H2,1-2H3,(H,28,35)(H,29,32)(H,30,34)(H,31,33)(H,36,37). The first kappa shape index (κ1) is 29.0. The highest BCUT2D eigenvalue weighted by Crippen LogP contribution is 2.13. The normalized spacial score (nSPS) is 12.2. The molecule has 0 radical (unpaired) electrons. The summed E-state index contributed by atoms with van der Waals surface area (Å²) in [5, 5.41) is 19.6. The Labute approximate surface area is 215 Å². The second-order valence-corrected chi connectivity index (χ2v) is 8.80. The molecule has 11 heteroatoms. The molecule has 0 heterocycles. The number of rotatable bonds is 13.